The Kier molecular flexibility index (Phi) is 10.9. The SMILES string of the molecule is CCc1cc2ccccc2s1.[CH2-]CCC.[Li+].c1ccc2sccc2c1. The van der Waals surface area contributed by atoms with Crippen LogP contribution in [-0.4, -0.2) is 0 Å². The van der Waals surface area contributed by atoms with E-state index in [2.05, 4.69) is 86.8 Å². The molecule has 0 fully saturated rings. The van der Waals surface area contributed by atoms with Crippen molar-refractivity contribution in [2.75, 3.05) is 0 Å². The summed E-state index contributed by atoms with van der Waals surface area (Å²) < 4.78 is 2.78. The van der Waals surface area contributed by atoms with Crippen LogP contribution in [0.15, 0.2) is 66.0 Å². The van der Waals surface area contributed by atoms with E-state index in [1.165, 1.54) is 31.5 Å². The Bertz CT molecular complexity index is 780. The van der Waals surface area contributed by atoms with Crippen LogP contribution >= 0.6 is 22.7 Å². The Morgan fingerprint density at radius 2 is 1.44 bits per heavy atom. The quantitative estimate of drug-likeness (QED) is 0.349. The standard InChI is InChI=1S/C10H10S.C8H6S.C4H9.Li/c1-2-9-7-8-5-3-4-6-10(8)11-9;1-2-4-8-7(3-1)5-6-9-8;1-3-4-2;/h3-7H,2H2,1H3;1-6H;1,3-4H2,2H3;/q;;-1;+1. The molecule has 2 heterocycles. The zero-order chi connectivity index (χ0) is 17.2. The molecule has 25 heavy (non-hydrogen) atoms. The summed E-state index contributed by atoms with van der Waals surface area (Å²) in [5, 5.41) is 4.85. The van der Waals surface area contributed by atoms with Crippen LogP contribution in [0.2, 0.25) is 0 Å². The van der Waals surface area contributed by atoms with Gasteiger partial charge >= 0.3 is 18.9 Å². The molecule has 0 saturated heterocycles. The van der Waals surface area contributed by atoms with E-state index in [1.54, 1.807) is 11.3 Å². The summed E-state index contributed by atoms with van der Waals surface area (Å²) in [5.74, 6) is 0. The molecule has 0 spiro atoms. The van der Waals surface area contributed by atoms with Crippen molar-refractivity contribution < 1.29 is 18.9 Å². The maximum absolute atomic E-state index is 3.60. The Balaban J connectivity index is 0.000000203. The molecule has 0 aliphatic rings. The first-order valence-electron chi connectivity index (χ1n) is 8.47. The van der Waals surface area contributed by atoms with E-state index in [1.807, 2.05) is 11.3 Å². The molecule has 0 nitrogen and oxygen atoms in total. The summed E-state index contributed by atoms with van der Waals surface area (Å²) in [6.07, 6.45) is 3.43. The van der Waals surface area contributed by atoms with Gasteiger partial charge in [0.25, 0.3) is 0 Å². The summed E-state index contributed by atoms with van der Waals surface area (Å²) in [4.78, 5) is 1.48. The Morgan fingerprint density at radius 1 is 0.840 bits per heavy atom. The third-order valence-electron chi connectivity index (χ3n) is 3.54. The number of rotatable bonds is 2. The first kappa shape index (κ1) is 22.0. The van der Waals surface area contributed by atoms with Gasteiger partial charge in [-0.15, -0.1) is 22.7 Å². The number of unbranched alkanes of at least 4 members (excludes halogenated alkanes) is 1. The molecule has 0 aliphatic carbocycles. The van der Waals surface area contributed by atoms with Crippen molar-refractivity contribution in [3.63, 3.8) is 0 Å². The van der Waals surface area contributed by atoms with Gasteiger partial charge in [-0.05, 0) is 46.8 Å². The van der Waals surface area contributed by atoms with Crippen LogP contribution in [0.25, 0.3) is 20.2 Å². The van der Waals surface area contributed by atoms with E-state index >= 15 is 0 Å². The topological polar surface area (TPSA) is 0 Å². The third-order valence-corrected chi connectivity index (χ3v) is 5.70. The molecule has 2 aromatic carbocycles. The number of thiophene rings is 2. The van der Waals surface area contributed by atoms with Crippen molar-refractivity contribution in [2.24, 2.45) is 0 Å². The van der Waals surface area contributed by atoms with Crippen molar-refractivity contribution in [2.45, 2.75) is 33.1 Å². The molecule has 126 valence electrons. The third kappa shape index (κ3) is 7.00. The largest absolute Gasteiger partial charge is 1.00 e. The second kappa shape index (κ2) is 12.3. The summed E-state index contributed by atoms with van der Waals surface area (Å²) in [6.45, 7) is 7.92. The first-order chi connectivity index (χ1) is 11.8. The van der Waals surface area contributed by atoms with Gasteiger partial charge in [0.05, 0.1) is 0 Å². The molecular weight excluding hydrogens is 335 g/mol. The van der Waals surface area contributed by atoms with Crippen LogP contribution in [0.1, 0.15) is 31.6 Å². The molecule has 4 rings (SSSR count). The molecule has 0 amide bonds. The zero-order valence-corrected chi connectivity index (χ0v) is 17.1. The fraction of sp³-hybridized carbons (Fsp3) is 0.227. The maximum Gasteiger partial charge on any atom is 1.00 e. The summed E-state index contributed by atoms with van der Waals surface area (Å²) in [6, 6.07) is 21.4. The minimum Gasteiger partial charge on any atom is -0.343 e. The summed E-state index contributed by atoms with van der Waals surface area (Å²) >= 11 is 3.68. The molecule has 2 aromatic heterocycles. The van der Waals surface area contributed by atoms with Crippen LogP contribution < -0.4 is 18.9 Å². The van der Waals surface area contributed by atoms with Gasteiger partial charge in [0.1, 0.15) is 0 Å². The number of hydrogen-bond donors (Lipinski definition) is 0. The molecule has 0 radical (unpaired) electrons. The smallest absolute Gasteiger partial charge is 0.343 e. The van der Waals surface area contributed by atoms with Gasteiger partial charge < -0.3 is 6.92 Å². The van der Waals surface area contributed by atoms with Gasteiger partial charge in [-0.3, -0.25) is 0 Å². The van der Waals surface area contributed by atoms with Gasteiger partial charge in [-0.1, -0.05) is 56.7 Å². The van der Waals surface area contributed by atoms with Crippen molar-refractivity contribution >= 4 is 42.8 Å². The molecule has 4 aromatic rings. The van der Waals surface area contributed by atoms with Crippen molar-refractivity contribution in [1.29, 1.82) is 0 Å². The second-order valence-electron chi connectivity index (χ2n) is 5.42. The van der Waals surface area contributed by atoms with Crippen molar-refractivity contribution in [3.05, 3.63) is 77.8 Å². The maximum atomic E-state index is 3.60. The minimum absolute atomic E-state index is 0. The number of hydrogen-bond acceptors (Lipinski definition) is 2. The van der Waals surface area contributed by atoms with Crippen molar-refractivity contribution in [1.82, 2.24) is 0 Å². The average Bonchev–Trinajstić information content (AvgIpc) is 3.28. The van der Waals surface area contributed by atoms with Gasteiger partial charge in [-0.25, -0.2) is 0 Å². The Hall–Kier alpha value is -1.04. The second-order valence-corrected chi connectivity index (χ2v) is 7.53. The van der Waals surface area contributed by atoms with Crippen molar-refractivity contribution in [3.8, 4) is 0 Å². The summed E-state index contributed by atoms with van der Waals surface area (Å²) in [5.41, 5.74) is 0. The number of aryl methyl sites for hydroxylation is 1. The van der Waals surface area contributed by atoms with Crippen LogP contribution in [0.5, 0.6) is 0 Å². The number of benzene rings is 2. The molecule has 0 unspecified atom stereocenters. The fourth-order valence-electron chi connectivity index (χ4n) is 2.12. The van der Waals surface area contributed by atoms with E-state index in [9.17, 15) is 0 Å². The average molecular weight is 361 g/mol. The Morgan fingerprint density at radius 3 is 2.00 bits per heavy atom. The van der Waals surface area contributed by atoms with Crippen LogP contribution in [0.3, 0.4) is 0 Å². The molecular formula is C22H25LiS2. The van der Waals surface area contributed by atoms with E-state index < -0.39 is 0 Å². The molecule has 0 saturated carbocycles. The molecule has 3 heteroatoms. The van der Waals surface area contributed by atoms with Gasteiger partial charge in [-0.2, -0.15) is 6.42 Å². The molecule has 0 bridgehead atoms. The summed E-state index contributed by atoms with van der Waals surface area (Å²) in [7, 11) is 0. The van der Waals surface area contributed by atoms with Gasteiger partial charge in [0.2, 0.25) is 0 Å². The van der Waals surface area contributed by atoms with Crippen LogP contribution in [-0.2, 0) is 6.42 Å². The van der Waals surface area contributed by atoms with E-state index in [0.29, 0.717) is 0 Å². The zero-order valence-electron chi connectivity index (χ0n) is 15.5. The Labute approximate surface area is 172 Å². The molecule has 0 aliphatic heterocycles. The monoisotopic (exact) mass is 360 g/mol. The van der Waals surface area contributed by atoms with Gasteiger partial charge in [0, 0.05) is 14.3 Å². The minimum atomic E-state index is 0. The predicted octanol–water partition coefficient (Wildman–Crippen LogP) is 4.99. The van der Waals surface area contributed by atoms with E-state index in [-0.39, 0.29) is 18.9 Å². The van der Waals surface area contributed by atoms with E-state index in [4.69, 9.17) is 0 Å². The number of fused-ring (bicyclic) bond motifs is 2. The van der Waals surface area contributed by atoms with Crippen LogP contribution in [0, 0.1) is 6.92 Å². The fourth-order valence-corrected chi connectivity index (χ4v) is 3.91. The first-order valence-corrected chi connectivity index (χ1v) is 10.2. The molecule has 0 N–H and O–H groups in total. The van der Waals surface area contributed by atoms with E-state index in [0.717, 1.165) is 12.8 Å². The molecule has 0 atom stereocenters. The predicted molar refractivity (Wildman–Crippen MR) is 113 cm³/mol. The van der Waals surface area contributed by atoms with Crippen LogP contribution in [0.4, 0.5) is 0 Å². The normalized spacial score (nSPS) is 9.56. The van der Waals surface area contributed by atoms with Gasteiger partial charge in [0.15, 0.2) is 0 Å².